The third kappa shape index (κ3) is 2.92. The van der Waals surface area contributed by atoms with Gasteiger partial charge < -0.3 is 14.7 Å². The van der Waals surface area contributed by atoms with E-state index in [1.165, 1.54) is 4.57 Å². The highest BCUT2D eigenvalue weighted by atomic mass is 16.5. The average molecular weight is 331 g/mol. The zero-order valence-corrected chi connectivity index (χ0v) is 13.8. The molecular formula is C17H21N3O4. The number of aryl methyl sites for hydroxylation is 1. The van der Waals surface area contributed by atoms with Gasteiger partial charge in [-0.05, 0) is 25.5 Å². The lowest BCUT2D eigenvalue weighted by Gasteiger charge is -2.23. The van der Waals surface area contributed by atoms with Gasteiger partial charge in [-0.3, -0.25) is 14.2 Å². The first-order valence-corrected chi connectivity index (χ1v) is 7.94. The number of aliphatic hydroxyl groups excluding tert-OH is 1. The van der Waals surface area contributed by atoms with Crippen LogP contribution in [0.25, 0.3) is 10.9 Å². The first-order chi connectivity index (χ1) is 11.5. The molecule has 1 aromatic heterocycles. The molecule has 2 heterocycles. The Hall–Kier alpha value is -2.25. The van der Waals surface area contributed by atoms with Crippen LogP contribution in [0.3, 0.4) is 0 Å². The maximum absolute atomic E-state index is 12.7. The summed E-state index contributed by atoms with van der Waals surface area (Å²) in [4.78, 5) is 31.3. The SMILES string of the molecule is CO[C@@H]1C[C@@H](CO)N(C(=O)Cn2c(C)nc3ccccc3c2=O)C1. The van der Waals surface area contributed by atoms with Gasteiger partial charge in [0.05, 0.1) is 29.7 Å². The number of likely N-dealkylation sites (tertiary alicyclic amines) is 1. The van der Waals surface area contributed by atoms with Crippen LogP contribution in [-0.2, 0) is 16.1 Å². The van der Waals surface area contributed by atoms with Crippen molar-refractivity contribution in [2.45, 2.75) is 32.0 Å². The van der Waals surface area contributed by atoms with Crippen molar-refractivity contribution in [2.75, 3.05) is 20.3 Å². The van der Waals surface area contributed by atoms with Gasteiger partial charge in [-0.15, -0.1) is 0 Å². The quantitative estimate of drug-likeness (QED) is 0.872. The molecule has 0 aliphatic carbocycles. The van der Waals surface area contributed by atoms with Crippen LogP contribution in [0.15, 0.2) is 29.1 Å². The molecule has 0 unspecified atom stereocenters. The van der Waals surface area contributed by atoms with Gasteiger partial charge >= 0.3 is 0 Å². The highest BCUT2D eigenvalue weighted by molar-refractivity contribution is 5.79. The normalized spacial score (nSPS) is 20.7. The number of hydrogen-bond donors (Lipinski definition) is 1. The fraction of sp³-hybridized carbons (Fsp3) is 0.471. The summed E-state index contributed by atoms with van der Waals surface area (Å²) in [5, 5.41) is 9.98. The van der Waals surface area contributed by atoms with Gasteiger partial charge in [-0.2, -0.15) is 0 Å². The number of para-hydroxylation sites is 1. The fourth-order valence-corrected chi connectivity index (χ4v) is 3.21. The molecule has 1 amide bonds. The molecule has 1 aromatic carbocycles. The van der Waals surface area contributed by atoms with Crippen LogP contribution in [0.1, 0.15) is 12.2 Å². The number of aromatic nitrogens is 2. The second-order valence-corrected chi connectivity index (χ2v) is 6.04. The van der Waals surface area contributed by atoms with E-state index >= 15 is 0 Å². The van der Waals surface area contributed by atoms with Crippen LogP contribution in [0, 0.1) is 6.92 Å². The smallest absolute Gasteiger partial charge is 0.261 e. The summed E-state index contributed by atoms with van der Waals surface area (Å²) in [5.74, 6) is 0.283. The van der Waals surface area contributed by atoms with Crippen molar-refractivity contribution in [3.8, 4) is 0 Å². The fourth-order valence-electron chi connectivity index (χ4n) is 3.21. The Labute approximate surface area is 139 Å². The maximum Gasteiger partial charge on any atom is 0.261 e. The number of ether oxygens (including phenoxy) is 1. The molecule has 2 atom stereocenters. The van der Waals surface area contributed by atoms with E-state index in [0.29, 0.717) is 29.7 Å². The standard InChI is InChI=1S/C17H21N3O4/c1-11-18-15-6-4-3-5-14(15)17(23)19(11)9-16(22)20-8-13(24-2)7-12(20)10-21/h3-6,12-13,21H,7-10H2,1-2H3/t12-,13+/m0/s1. The number of aliphatic hydroxyl groups is 1. The number of methoxy groups -OCH3 is 1. The van der Waals surface area contributed by atoms with E-state index in [1.807, 2.05) is 6.07 Å². The van der Waals surface area contributed by atoms with Gasteiger partial charge in [-0.25, -0.2) is 4.98 Å². The summed E-state index contributed by atoms with van der Waals surface area (Å²) < 4.78 is 6.68. The minimum atomic E-state index is -0.271. The molecule has 1 aliphatic rings. The molecule has 1 N–H and O–H groups in total. The third-order valence-electron chi connectivity index (χ3n) is 4.59. The van der Waals surface area contributed by atoms with Crippen molar-refractivity contribution in [2.24, 2.45) is 0 Å². The van der Waals surface area contributed by atoms with Crippen LogP contribution < -0.4 is 5.56 Å². The molecule has 0 radical (unpaired) electrons. The molecule has 3 rings (SSSR count). The Morgan fingerprint density at radius 1 is 1.42 bits per heavy atom. The van der Waals surface area contributed by atoms with Crippen LogP contribution >= 0.6 is 0 Å². The van der Waals surface area contributed by atoms with Gasteiger partial charge in [0.15, 0.2) is 0 Å². The number of fused-ring (bicyclic) bond motifs is 1. The monoisotopic (exact) mass is 331 g/mol. The molecule has 24 heavy (non-hydrogen) atoms. The van der Waals surface area contributed by atoms with Gasteiger partial charge in [0.2, 0.25) is 5.91 Å². The Bertz CT molecular complexity index is 817. The molecule has 1 aliphatic heterocycles. The largest absolute Gasteiger partial charge is 0.394 e. The summed E-state index contributed by atoms with van der Waals surface area (Å²) in [6, 6.07) is 6.81. The maximum atomic E-state index is 12.7. The zero-order chi connectivity index (χ0) is 17.3. The molecule has 2 aromatic rings. The average Bonchev–Trinajstić information content (AvgIpc) is 3.02. The number of carbonyl (C=O) groups excluding carboxylic acids is 1. The van der Waals surface area contributed by atoms with Crippen LogP contribution in [0.4, 0.5) is 0 Å². The molecule has 7 heteroatoms. The van der Waals surface area contributed by atoms with Gasteiger partial charge in [0, 0.05) is 13.7 Å². The molecule has 0 saturated carbocycles. The van der Waals surface area contributed by atoms with E-state index < -0.39 is 0 Å². The number of carbonyl (C=O) groups is 1. The molecular weight excluding hydrogens is 310 g/mol. The molecule has 1 fully saturated rings. The highest BCUT2D eigenvalue weighted by Crippen LogP contribution is 2.20. The predicted molar refractivity (Wildman–Crippen MR) is 88.7 cm³/mol. The van der Waals surface area contributed by atoms with E-state index in [0.717, 1.165) is 0 Å². The minimum absolute atomic E-state index is 0.0846. The van der Waals surface area contributed by atoms with Gasteiger partial charge in [0.1, 0.15) is 12.4 Å². The highest BCUT2D eigenvalue weighted by Gasteiger charge is 2.35. The first-order valence-electron chi connectivity index (χ1n) is 7.94. The number of benzene rings is 1. The summed E-state index contributed by atoms with van der Waals surface area (Å²) in [6.45, 7) is 1.94. The Morgan fingerprint density at radius 2 is 2.17 bits per heavy atom. The Balaban J connectivity index is 1.89. The number of nitrogens with zero attached hydrogens (tertiary/aromatic N) is 3. The van der Waals surface area contributed by atoms with Crippen LogP contribution in [-0.4, -0.2) is 57.9 Å². The van der Waals surface area contributed by atoms with Crippen molar-refractivity contribution in [1.82, 2.24) is 14.5 Å². The number of rotatable bonds is 4. The summed E-state index contributed by atoms with van der Waals surface area (Å²) >= 11 is 0. The summed E-state index contributed by atoms with van der Waals surface area (Å²) in [6.07, 6.45) is 0.515. The lowest BCUT2D eigenvalue weighted by molar-refractivity contribution is -0.133. The second-order valence-electron chi connectivity index (χ2n) is 6.04. The molecule has 1 saturated heterocycles. The van der Waals surface area contributed by atoms with Crippen LogP contribution in [0.2, 0.25) is 0 Å². The summed E-state index contributed by atoms with van der Waals surface area (Å²) in [5.41, 5.74) is 0.395. The second kappa shape index (κ2) is 6.70. The van der Waals surface area contributed by atoms with E-state index in [2.05, 4.69) is 4.98 Å². The van der Waals surface area contributed by atoms with Gasteiger partial charge in [0.25, 0.3) is 5.56 Å². The van der Waals surface area contributed by atoms with Crippen molar-refractivity contribution in [1.29, 1.82) is 0 Å². The number of amides is 1. The zero-order valence-electron chi connectivity index (χ0n) is 13.8. The van der Waals surface area contributed by atoms with E-state index in [1.54, 1.807) is 37.1 Å². The van der Waals surface area contributed by atoms with Crippen LogP contribution in [0.5, 0.6) is 0 Å². The lowest BCUT2D eigenvalue weighted by atomic mass is 10.2. The minimum Gasteiger partial charge on any atom is -0.394 e. The lowest BCUT2D eigenvalue weighted by Crippen LogP contribution is -2.42. The first kappa shape index (κ1) is 16.6. The Kier molecular flexibility index (Phi) is 4.64. The van der Waals surface area contributed by atoms with E-state index in [9.17, 15) is 14.7 Å². The van der Waals surface area contributed by atoms with Crippen molar-refractivity contribution in [3.63, 3.8) is 0 Å². The van der Waals surface area contributed by atoms with E-state index in [4.69, 9.17) is 4.74 Å². The molecule has 0 bridgehead atoms. The van der Waals surface area contributed by atoms with Gasteiger partial charge in [-0.1, -0.05) is 12.1 Å². The number of hydrogen-bond acceptors (Lipinski definition) is 5. The molecule has 0 spiro atoms. The van der Waals surface area contributed by atoms with E-state index in [-0.39, 0.29) is 36.8 Å². The molecule has 128 valence electrons. The van der Waals surface area contributed by atoms with Crippen molar-refractivity contribution >= 4 is 16.8 Å². The predicted octanol–water partition coefficient (Wildman–Crippen LogP) is 0.313. The molecule has 7 nitrogen and oxygen atoms in total. The van der Waals surface area contributed by atoms with Crippen molar-refractivity contribution in [3.05, 3.63) is 40.4 Å². The van der Waals surface area contributed by atoms with Crippen molar-refractivity contribution < 1.29 is 14.6 Å². The topological polar surface area (TPSA) is 84.7 Å². The third-order valence-corrected chi connectivity index (χ3v) is 4.59. The Morgan fingerprint density at radius 3 is 2.88 bits per heavy atom. The summed E-state index contributed by atoms with van der Waals surface area (Å²) in [7, 11) is 1.59.